The highest BCUT2D eigenvalue weighted by Gasteiger charge is 2.71. The summed E-state index contributed by atoms with van der Waals surface area (Å²) in [4.78, 5) is 38.8. The zero-order valence-electron chi connectivity index (χ0n) is 34.5. The van der Waals surface area contributed by atoms with E-state index in [9.17, 15) is 60.3 Å². The molecule has 5 aliphatic carbocycles. The zero-order valence-corrected chi connectivity index (χ0v) is 34.5. The molecule has 2 heterocycles. The molecule has 2 aliphatic heterocycles. The second-order valence-corrected chi connectivity index (χ2v) is 20.8. The third kappa shape index (κ3) is 6.29. The highest BCUT2D eigenvalue weighted by Crippen LogP contribution is 2.75. The summed E-state index contributed by atoms with van der Waals surface area (Å²) in [5, 5.41) is 94.7. The van der Waals surface area contributed by atoms with Gasteiger partial charge in [-0.15, -0.1) is 0 Å². The lowest BCUT2D eigenvalue weighted by molar-refractivity contribution is -0.371. The van der Waals surface area contributed by atoms with Crippen LogP contribution in [0.5, 0.6) is 0 Å². The molecule has 0 radical (unpaired) electrons. The van der Waals surface area contributed by atoms with Crippen molar-refractivity contribution in [3.8, 4) is 0 Å². The summed E-state index contributed by atoms with van der Waals surface area (Å²) in [7, 11) is 0. The Morgan fingerprint density at radius 1 is 0.724 bits per heavy atom. The van der Waals surface area contributed by atoms with Gasteiger partial charge in [-0.05, 0) is 96.4 Å². The van der Waals surface area contributed by atoms with Gasteiger partial charge < -0.3 is 64.9 Å². The zero-order chi connectivity index (χ0) is 42.9. The van der Waals surface area contributed by atoms with E-state index in [0.29, 0.717) is 25.7 Å². The number of carbonyl (C=O) groups is 3. The molecule has 16 nitrogen and oxygen atoms in total. The van der Waals surface area contributed by atoms with Crippen LogP contribution < -0.4 is 0 Å². The summed E-state index contributed by atoms with van der Waals surface area (Å²) in [5.41, 5.74) is -1.73. The van der Waals surface area contributed by atoms with E-state index < -0.39 is 113 Å². The predicted molar refractivity (Wildman–Crippen MR) is 200 cm³/mol. The van der Waals surface area contributed by atoms with E-state index in [1.807, 2.05) is 26.8 Å². The molecule has 0 amide bonds. The lowest BCUT2D eigenvalue weighted by Crippen LogP contribution is -2.68. The smallest absolute Gasteiger partial charge is 0.335 e. The van der Waals surface area contributed by atoms with Crippen LogP contribution in [0.25, 0.3) is 0 Å². The van der Waals surface area contributed by atoms with Crippen LogP contribution in [-0.4, -0.2) is 144 Å². The second kappa shape index (κ2) is 14.5. The number of rotatable bonds is 7. The Hall–Kier alpha value is -2.09. The van der Waals surface area contributed by atoms with Gasteiger partial charge in [-0.1, -0.05) is 54.0 Å². The van der Waals surface area contributed by atoms with Gasteiger partial charge in [0.1, 0.15) is 36.6 Å². The molecule has 0 aromatic rings. The van der Waals surface area contributed by atoms with Gasteiger partial charge in [0.15, 0.2) is 30.6 Å². The van der Waals surface area contributed by atoms with Crippen molar-refractivity contribution in [1.29, 1.82) is 0 Å². The molecule has 6 fully saturated rings. The van der Waals surface area contributed by atoms with E-state index in [0.717, 1.165) is 31.3 Å². The number of carbonyl (C=O) groups excluding carboxylic acids is 1. The van der Waals surface area contributed by atoms with Crippen LogP contribution in [0.1, 0.15) is 99.8 Å². The molecule has 3 unspecified atom stereocenters. The van der Waals surface area contributed by atoms with Crippen LogP contribution in [0.3, 0.4) is 0 Å². The van der Waals surface area contributed by atoms with E-state index in [4.69, 9.17) is 18.9 Å². The summed E-state index contributed by atoms with van der Waals surface area (Å²) >= 11 is 0. The average Bonchev–Trinajstić information content (AvgIpc) is 3.13. The van der Waals surface area contributed by atoms with Gasteiger partial charge in [-0.25, -0.2) is 9.59 Å². The first-order valence-corrected chi connectivity index (χ1v) is 20.8. The molecule has 328 valence electrons. The molecule has 58 heavy (non-hydrogen) atoms. The van der Waals surface area contributed by atoms with Gasteiger partial charge in [-0.2, -0.15) is 0 Å². The molecule has 20 atom stereocenters. The molecule has 7 aliphatic rings. The average molecular weight is 825 g/mol. The Balaban J connectivity index is 1.18. The van der Waals surface area contributed by atoms with Crippen molar-refractivity contribution >= 4 is 17.7 Å². The molecule has 0 spiro atoms. The van der Waals surface area contributed by atoms with Crippen molar-refractivity contribution in [2.45, 2.75) is 173 Å². The lowest BCUT2D eigenvalue weighted by Gasteiger charge is -2.71. The fraction of sp³-hybridized carbons (Fsp3) is 0.881. The summed E-state index contributed by atoms with van der Waals surface area (Å²) < 4.78 is 23.4. The molecular weight excluding hydrogens is 760 g/mol. The van der Waals surface area contributed by atoms with Gasteiger partial charge in [0.25, 0.3) is 0 Å². The van der Waals surface area contributed by atoms with E-state index in [1.165, 1.54) is 0 Å². The van der Waals surface area contributed by atoms with Gasteiger partial charge in [0.2, 0.25) is 0 Å². The highest BCUT2D eigenvalue weighted by atomic mass is 16.8. The van der Waals surface area contributed by atoms with Crippen LogP contribution in [0.15, 0.2) is 11.6 Å². The summed E-state index contributed by atoms with van der Waals surface area (Å²) in [5.74, 6) is -3.69. The maximum Gasteiger partial charge on any atom is 0.335 e. The number of aliphatic hydroxyl groups excluding tert-OH is 7. The van der Waals surface area contributed by atoms with E-state index in [2.05, 4.69) is 27.7 Å². The fourth-order valence-electron chi connectivity index (χ4n) is 13.5. The molecule has 0 aromatic carbocycles. The fourth-order valence-corrected chi connectivity index (χ4v) is 13.5. The van der Waals surface area contributed by atoms with E-state index in [-0.39, 0.29) is 35.6 Å². The normalized spacial score (nSPS) is 53.9. The van der Waals surface area contributed by atoms with Crippen molar-refractivity contribution in [2.24, 2.45) is 50.2 Å². The first-order valence-electron chi connectivity index (χ1n) is 20.8. The maximum atomic E-state index is 14.9. The predicted octanol–water partition coefficient (Wildman–Crippen LogP) is 1.12. The number of carboxylic acids is 2. The topological polar surface area (TPSA) is 270 Å². The van der Waals surface area contributed by atoms with Crippen molar-refractivity contribution in [3.63, 3.8) is 0 Å². The molecule has 9 N–H and O–H groups in total. The molecule has 0 aromatic heterocycles. The molecule has 16 heteroatoms. The number of fused-ring (bicyclic) bond motifs is 7. The van der Waals surface area contributed by atoms with Crippen LogP contribution in [0, 0.1) is 50.2 Å². The van der Waals surface area contributed by atoms with Crippen molar-refractivity contribution in [1.82, 2.24) is 0 Å². The molecular formula is C42H64O16. The Morgan fingerprint density at radius 3 is 1.93 bits per heavy atom. The maximum absolute atomic E-state index is 14.9. The van der Waals surface area contributed by atoms with Gasteiger partial charge in [0.05, 0.1) is 12.2 Å². The van der Waals surface area contributed by atoms with Crippen LogP contribution in [-0.2, 0) is 33.3 Å². The van der Waals surface area contributed by atoms with E-state index >= 15 is 0 Å². The molecule has 4 saturated carbocycles. The Kier molecular flexibility index (Phi) is 11.0. The Morgan fingerprint density at radius 2 is 1.33 bits per heavy atom. The van der Waals surface area contributed by atoms with Crippen LogP contribution in [0.4, 0.5) is 0 Å². The number of hydrogen-bond donors (Lipinski definition) is 9. The molecule has 0 bridgehead atoms. The monoisotopic (exact) mass is 824 g/mol. The number of allylic oxidation sites excluding steroid dienone is 2. The minimum atomic E-state index is -2.05. The van der Waals surface area contributed by atoms with Crippen LogP contribution in [0.2, 0.25) is 0 Å². The van der Waals surface area contributed by atoms with Crippen molar-refractivity contribution in [3.05, 3.63) is 11.6 Å². The standard InChI is InChI=1S/C42H64O16/c1-37(2)21-8-11-42(7)32(20(44)14-18-19-15-38(3,17-43)16-22(45)39(19,4)12-13-41(18,42)6)40(21,5)10-9-23(37)55-36-31(27(49)26(48)30(57-36)34(53)54)58-35-28(50)24(46)25(47)29(56-35)33(51)52/h14,19,21-32,35-36,43,45-50H,8-13,15-17H2,1-7H3,(H,51,52)(H,53,54)/t19-,21?,22+,23-,24-,25-,26-,27-,28+,29-,30-,31+,32+,35?,36?,38+,39+,40-,41+,42+/m0/s1. The first kappa shape index (κ1) is 44.0. The number of aliphatic carboxylic acids is 2. The number of ketones is 1. The minimum absolute atomic E-state index is 0.0451. The molecule has 2 saturated heterocycles. The Bertz CT molecular complexity index is 1680. The second-order valence-electron chi connectivity index (χ2n) is 20.8. The molecule has 7 rings (SSSR count). The largest absolute Gasteiger partial charge is 0.479 e. The number of aliphatic hydroxyl groups is 7. The number of hydrogen-bond acceptors (Lipinski definition) is 14. The quantitative estimate of drug-likeness (QED) is 0.163. The summed E-state index contributed by atoms with van der Waals surface area (Å²) in [6.07, 6.45) is -13.7. The number of carboxylic acid groups (broad SMARTS) is 2. The third-order valence-electron chi connectivity index (χ3n) is 17.3. The first-order chi connectivity index (χ1) is 26.8. The SMILES string of the molecule is CC1(C)C2CC[C@]3(C)[C@H](C(=O)C=C4[C@@H]5C[C@@](C)(CO)C[C@@H](O)[C@]5(C)CC[C@]43C)[C@@]2(C)CC[C@@H]1OC1O[C@H](C(=O)O)[C@@H](O)[C@H](O)[C@H]1OC1O[C@H](C(=O)O)[C@@H](O)[C@H](O)[C@H]1O. The summed E-state index contributed by atoms with van der Waals surface area (Å²) in [6, 6.07) is 0. The third-order valence-corrected chi connectivity index (χ3v) is 17.3. The van der Waals surface area contributed by atoms with Gasteiger partial charge in [-0.3, -0.25) is 4.79 Å². The van der Waals surface area contributed by atoms with Gasteiger partial charge in [0, 0.05) is 17.9 Å². The van der Waals surface area contributed by atoms with Crippen molar-refractivity contribution in [2.75, 3.05) is 6.61 Å². The van der Waals surface area contributed by atoms with Crippen molar-refractivity contribution < 1.29 is 79.3 Å². The summed E-state index contributed by atoms with van der Waals surface area (Å²) in [6.45, 7) is 14.9. The minimum Gasteiger partial charge on any atom is -0.479 e. The lowest BCUT2D eigenvalue weighted by atomic mass is 9.33. The number of ether oxygens (including phenoxy) is 4. The van der Waals surface area contributed by atoms with E-state index in [1.54, 1.807) is 0 Å². The Labute approximate surface area is 338 Å². The highest BCUT2D eigenvalue weighted by molar-refractivity contribution is 5.95. The van der Waals surface area contributed by atoms with Gasteiger partial charge >= 0.3 is 11.9 Å². The van der Waals surface area contributed by atoms with Crippen LogP contribution >= 0.6 is 0 Å².